The van der Waals surface area contributed by atoms with E-state index in [9.17, 15) is 4.39 Å². The molecule has 0 fully saturated rings. The minimum Gasteiger partial charge on any atom is -0.367 e. The number of nitrogen functional groups attached to an aromatic ring is 1. The van der Waals surface area contributed by atoms with Crippen molar-refractivity contribution >= 4 is 22.9 Å². The summed E-state index contributed by atoms with van der Waals surface area (Å²) in [5, 5.41) is 3.96. The molecular weight excluding hydrogens is 331 g/mol. The maximum absolute atomic E-state index is 14.3. The van der Waals surface area contributed by atoms with E-state index in [1.54, 1.807) is 6.07 Å². The van der Waals surface area contributed by atoms with Crippen LogP contribution in [0.15, 0.2) is 29.5 Å². The quantitative estimate of drug-likeness (QED) is 0.681. The van der Waals surface area contributed by atoms with Gasteiger partial charge in [-0.05, 0) is 38.8 Å². The van der Waals surface area contributed by atoms with Gasteiger partial charge in [-0.1, -0.05) is 20.8 Å². The fourth-order valence-electron chi connectivity index (χ4n) is 2.25. The van der Waals surface area contributed by atoms with Crippen LogP contribution in [0.2, 0.25) is 0 Å². The van der Waals surface area contributed by atoms with Crippen LogP contribution < -0.4 is 5.73 Å². The van der Waals surface area contributed by atoms with Gasteiger partial charge in [0.05, 0.1) is 40.5 Å². The van der Waals surface area contributed by atoms with Crippen molar-refractivity contribution in [1.82, 2.24) is 19.6 Å². The number of rotatable bonds is 2. The van der Waals surface area contributed by atoms with Crippen LogP contribution in [0.25, 0.3) is 16.8 Å². The molecule has 0 aliphatic heterocycles. The number of hydrogen-bond acceptors (Lipinski definition) is 5. The first-order valence-electron chi connectivity index (χ1n) is 8.48. The third-order valence-corrected chi connectivity index (χ3v) is 3.16. The normalized spacial score (nSPS) is 10.6. The Kier molecular flexibility index (Phi) is 6.02. The van der Waals surface area contributed by atoms with Gasteiger partial charge < -0.3 is 5.73 Å². The molecule has 0 unspecified atom stereocenters. The third-order valence-electron chi connectivity index (χ3n) is 3.16. The SMILES string of the molecule is CC(C)=Nc1ccc(-c2c(F)cn3nc(N)ncc23)nc1C.CC(C)C. The molecule has 138 valence electrons. The number of nitrogens with two attached hydrogens (primary N) is 1. The van der Waals surface area contributed by atoms with Gasteiger partial charge in [-0.25, -0.2) is 13.9 Å². The summed E-state index contributed by atoms with van der Waals surface area (Å²) in [6.07, 6.45) is 2.75. The summed E-state index contributed by atoms with van der Waals surface area (Å²) in [6, 6.07) is 3.56. The second kappa shape index (κ2) is 8.03. The van der Waals surface area contributed by atoms with E-state index in [2.05, 4.69) is 40.8 Å². The predicted molar refractivity (Wildman–Crippen MR) is 104 cm³/mol. The van der Waals surface area contributed by atoms with Crippen molar-refractivity contribution in [3.8, 4) is 11.3 Å². The van der Waals surface area contributed by atoms with Crippen LogP contribution in [0.3, 0.4) is 0 Å². The number of hydrogen-bond donors (Lipinski definition) is 1. The van der Waals surface area contributed by atoms with Gasteiger partial charge in [-0.2, -0.15) is 0 Å². The van der Waals surface area contributed by atoms with Crippen LogP contribution in [0, 0.1) is 18.7 Å². The molecule has 0 radical (unpaired) electrons. The molecule has 0 saturated carbocycles. The van der Waals surface area contributed by atoms with E-state index in [4.69, 9.17) is 5.73 Å². The Bertz CT molecular complexity index is 936. The van der Waals surface area contributed by atoms with Crippen molar-refractivity contribution in [3.05, 3.63) is 36.0 Å². The first-order valence-corrected chi connectivity index (χ1v) is 8.48. The van der Waals surface area contributed by atoms with Crippen LogP contribution in [0.5, 0.6) is 0 Å². The highest BCUT2D eigenvalue weighted by Crippen LogP contribution is 2.29. The van der Waals surface area contributed by atoms with E-state index in [-0.39, 0.29) is 5.95 Å². The van der Waals surface area contributed by atoms with Crippen LogP contribution in [-0.2, 0) is 0 Å². The molecule has 0 saturated heterocycles. The fourth-order valence-corrected chi connectivity index (χ4v) is 2.25. The number of aromatic nitrogens is 4. The minimum absolute atomic E-state index is 0.0845. The van der Waals surface area contributed by atoms with Crippen molar-refractivity contribution in [2.24, 2.45) is 10.9 Å². The van der Waals surface area contributed by atoms with Crippen LogP contribution in [0.4, 0.5) is 16.0 Å². The van der Waals surface area contributed by atoms with E-state index in [1.807, 2.05) is 26.8 Å². The lowest BCUT2D eigenvalue weighted by Crippen LogP contribution is -1.99. The van der Waals surface area contributed by atoms with Gasteiger partial charge in [-0.15, -0.1) is 5.10 Å². The van der Waals surface area contributed by atoms with Gasteiger partial charge in [0.1, 0.15) is 0 Å². The van der Waals surface area contributed by atoms with Crippen LogP contribution in [-0.4, -0.2) is 25.3 Å². The summed E-state index contributed by atoms with van der Waals surface area (Å²) in [5.74, 6) is 0.496. The highest BCUT2D eigenvalue weighted by molar-refractivity contribution is 5.83. The average Bonchev–Trinajstić information content (AvgIpc) is 2.83. The van der Waals surface area contributed by atoms with E-state index >= 15 is 0 Å². The first kappa shape index (κ1) is 19.5. The second-order valence-electron chi connectivity index (χ2n) is 6.89. The smallest absolute Gasteiger partial charge is 0.238 e. The molecule has 7 heteroatoms. The molecular formula is C19H25FN6. The monoisotopic (exact) mass is 356 g/mol. The topological polar surface area (TPSA) is 81.5 Å². The molecule has 26 heavy (non-hydrogen) atoms. The number of aliphatic imine (C=N–C) groups is 1. The molecule has 3 heterocycles. The Morgan fingerprint density at radius 1 is 1.23 bits per heavy atom. The molecule has 0 atom stereocenters. The lowest BCUT2D eigenvalue weighted by atomic mass is 10.1. The predicted octanol–water partition coefficient (Wildman–Crippen LogP) is 4.60. The summed E-state index contributed by atoms with van der Waals surface area (Å²) in [7, 11) is 0. The Morgan fingerprint density at radius 2 is 1.88 bits per heavy atom. The fraction of sp³-hybridized carbons (Fsp3) is 0.368. The number of anilines is 1. The highest BCUT2D eigenvalue weighted by Gasteiger charge is 2.16. The number of pyridine rings is 1. The first-order chi connectivity index (χ1) is 12.2. The molecule has 0 aliphatic rings. The zero-order valence-corrected chi connectivity index (χ0v) is 16.1. The summed E-state index contributed by atoms with van der Waals surface area (Å²) >= 11 is 0. The number of nitrogens with zero attached hydrogens (tertiary/aromatic N) is 5. The Morgan fingerprint density at radius 3 is 2.46 bits per heavy atom. The van der Waals surface area contributed by atoms with Gasteiger partial charge in [0.25, 0.3) is 0 Å². The van der Waals surface area contributed by atoms with E-state index in [1.165, 1.54) is 16.9 Å². The Labute approximate surface area is 153 Å². The zero-order chi connectivity index (χ0) is 19.4. The molecule has 3 aromatic heterocycles. The molecule has 3 aromatic rings. The van der Waals surface area contributed by atoms with Crippen LogP contribution >= 0.6 is 0 Å². The maximum Gasteiger partial charge on any atom is 0.238 e. The summed E-state index contributed by atoms with van der Waals surface area (Å²) in [6.45, 7) is 12.2. The van der Waals surface area contributed by atoms with E-state index in [0.717, 1.165) is 23.0 Å². The molecule has 0 aliphatic carbocycles. The number of aryl methyl sites for hydroxylation is 1. The average molecular weight is 356 g/mol. The van der Waals surface area contributed by atoms with E-state index < -0.39 is 5.82 Å². The van der Waals surface area contributed by atoms with Gasteiger partial charge in [0.2, 0.25) is 5.95 Å². The Balaban J connectivity index is 0.000000552. The summed E-state index contributed by atoms with van der Waals surface area (Å²) < 4.78 is 15.6. The van der Waals surface area contributed by atoms with Crippen molar-refractivity contribution in [2.45, 2.75) is 41.5 Å². The molecule has 0 amide bonds. The van der Waals surface area contributed by atoms with Crippen molar-refractivity contribution in [2.75, 3.05) is 5.73 Å². The maximum atomic E-state index is 14.3. The van der Waals surface area contributed by atoms with Gasteiger partial charge in [0, 0.05) is 5.71 Å². The summed E-state index contributed by atoms with van der Waals surface area (Å²) in [5.41, 5.74) is 9.33. The highest BCUT2D eigenvalue weighted by atomic mass is 19.1. The largest absolute Gasteiger partial charge is 0.367 e. The zero-order valence-electron chi connectivity index (χ0n) is 16.1. The van der Waals surface area contributed by atoms with Crippen molar-refractivity contribution in [1.29, 1.82) is 0 Å². The Hall–Kier alpha value is -2.83. The molecule has 6 nitrogen and oxygen atoms in total. The van der Waals surface area contributed by atoms with Crippen molar-refractivity contribution in [3.63, 3.8) is 0 Å². The van der Waals surface area contributed by atoms with Gasteiger partial charge >= 0.3 is 0 Å². The summed E-state index contributed by atoms with van der Waals surface area (Å²) in [4.78, 5) is 12.8. The van der Waals surface area contributed by atoms with Gasteiger partial charge in [0.15, 0.2) is 5.82 Å². The number of fused-ring (bicyclic) bond motifs is 1. The van der Waals surface area contributed by atoms with Gasteiger partial charge in [-0.3, -0.25) is 9.98 Å². The standard InChI is InChI=1S/C15H15FN6.C4H10/c1-8(2)19-11-4-5-12(20-9(11)3)14-10(16)7-22-13(14)6-18-15(17)21-22;1-4(2)3/h4-7H,1-3H3,(H2,17,21);4H,1-3H3. The third kappa shape index (κ3) is 4.62. The molecule has 0 aromatic carbocycles. The van der Waals surface area contributed by atoms with E-state index in [0.29, 0.717) is 16.8 Å². The lowest BCUT2D eigenvalue weighted by molar-refractivity contribution is 0.628. The molecule has 3 rings (SSSR count). The lowest BCUT2D eigenvalue weighted by Gasteiger charge is -2.05. The van der Waals surface area contributed by atoms with Crippen molar-refractivity contribution < 1.29 is 4.39 Å². The molecule has 0 spiro atoms. The second-order valence-corrected chi connectivity index (χ2v) is 6.89. The van der Waals surface area contributed by atoms with Crippen LogP contribution in [0.1, 0.15) is 40.3 Å². The molecule has 2 N–H and O–H groups in total. The minimum atomic E-state index is -0.422. The molecule has 0 bridgehead atoms. The number of halogens is 1.